The molecule has 1 aliphatic rings. The average molecular weight is 305 g/mol. The monoisotopic (exact) mass is 304 g/mol. The number of rotatable bonds is 3. The van der Waals surface area contributed by atoms with E-state index in [-0.39, 0.29) is 5.69 Å². The van der Waals surface area contributed by atoms with Crippen molar-refractivity contribution in [2.75, 3.05) is 5.32 Å². The number of carbonyl (C=O) groups excluding carboxylic acids is 1. The molecule has 2 amide bonds. The number of alkyl halides is 3. The van der Waals surface area contributed by atoms with Crippen LogP contribution in [0.1, 0.15) is 18.4 Å². The molecular formula is C13H12ClF3N2O. The highest BCUT2D eigenvalue weighted by Gasteiger charge is 2.33. The van der Waals surface area contributed by atoms with Crippen molar-refractivity contribution in [1.82, 2.24) is 5.32 Å². The van der Waals surface area contributed by atoms with Gasteiger partial charge in [-0.05, 0) is 37.0 Å². The van der Waals surface area contributed by atoms with Crippen LogP contribution in [0.5, 0.6) is 0 Å². The van der Waals surface area contributed by atoms with Crippen molar-refractivity contribution in [1.29, 1.82) is 0 Å². The van der Waals surface area contributed by atoms with E-state index in [1.54, 1.807) is 0 Å². The molecule has 0 radical (unpaired) electrons. The number of hydrogen-bond acceptors (Lipinski definition) is 1. The summed E-state index contributed by atoms with van der Waals surface area (Å²) >= 11 is 5.48. The number of halogens is 4. The van der Waals surface area contributed by atoms with Gasteiger partial charge in [0.2, 0.25) is 0 Å². The van der Waals surface area contributed by atoms with E-state index in [1.807, 2.05) is 6.08 Å². The van der Waals surface area contributed by atoms with Gasteiger partial charge in [-0.2, -0.15) is 13.2 Å². The second kappa shape index (κ2) is 5.75. The molecule has 1 saturated carbocycles. The molecule has 2 N–H and O–H groups in total. The zero-order valence-electron chi connectivity index (χ0n) is 10.3. The Hall–Kier alpha value is -1.69. The Morgan fingerprint density at radius 1 is 1.35 bits per heavy atom. The number of benzene rings is 1. The molecule has 1 aliphatic carbocycles. The molecule has 0 bridgehead atoms. The summed E-state index contributed by atoms with van der Waals surface area (Å²) in [6.07, 6.45) is 0.991. The Kier molecular flexibility index (Phi) is 4.23. The van der Waals surface area contributed by atoms with Crippen molar-refractivity contribution >= 4 is 23.3 Å². The molecule has 0 heterocycles. The number of carbonyl (C=O) groups is 1. The summed E-state index contributed by atoms with van der Waals surface area (Å²) in [4.78, 5) is 11.5. The maximum absolute atomic E-state index is 12.6. The lowest BCUT2D eigenvalue weighted by molar-refractivity contribution is -0.137. The largest absolute Gasteiger partial charge is 0.417 e. The average Bonchev–Trinajstić information content (AvgIpc) is 3.14. The van der Waals surface area contributed by atoms with Gasteiger partial charge >= 0.3 is 12.2 Å². The molecule has 1 aromatic rings. The Morgan fingerprint density at radius 2 is 2.05 bits per heavy atom. The SMILES string of the molecule is O=C(N/C=C/C1CC1)Nc1ccc(Cl)c(C(F)(F)F)c1. The highest BCUT2D eigenvalue weighted by atomic mass is 35.5. The second-order valence-corrected chi connectivity index (χ2v) is 4.89. The first kappa shape index (κ1) is 14.7. The third-order valence-electron chi connectivity index (χ3n) is 2.73. The van der Waals surface area contributed by atoms with Crippen LogP contribution >= 0.6 is 11.6 Å². The number of allylic oxidation sites excluding steroid dienone is 1. The highest BCUT2D eigenvalue weighted by Crippen LogP contribution is 2.36. The lowest BCUT2D eigenvalue weighted by Crippen LogP contribution is -2.24. The van der Waals surface area contributed by atoms with E-state index in [9.17, 15) is 18.0 Å². The predicted octanol–water partition coefficient (Wildman–Crippen LogP) is 4.40. The first-order valence-corrected chi connectivity index (χ1v) is 6.35. The maximum atomic E-state index is 12.6. The lowest BCUT2D eigenvalue weighted by Gasteiger charge is -2.11. The molecular weight excluding hydrogens is 293 g/mol. The quantitative estimate of drug-likeness (QED) is 0.853. The summed E-state index contributed by atoms with van der Waals surface area (Å²) in [6.45, 7) is 0. The summed E-state index contributed by atoms with van der Waals surface area (Å²) in [7, 11) is 0. The molecule has 1 aromatic carbocycles. The van der Waals surface area contributed by atoms with Gasteiger partial charge in [0.1, 0.15) is 0 Å². The summed E-state index contributed by atoms with van der Waals surface area (Å²) in [6, 6.07) is 2.60. The number of amides is 2. The first-order valence-electron chi connectivity index (χ1n) is 5.97. The fourth-order valence-electron chi connectivity index (χ4n) is 1.54. The molecule has 0 aromatic heterocycles. The number of urea groups is 1. The molecule has 108 valence electrons. The minimum absolute atomic E-state index is 0.0269. The second-order valence-electron chi connectivity index (χ2n) is 4.49. The first-order chi connectivity index (χ1) is 9.36. The Labute approximate surface area is 118 Å². The van der Waals surface area contributed by atoms with Crippen molar-refractivity contribution in [2.24, 2.45) is 5.92 Å². The zero-order valence-corrected chi connectivity index (χ0v) is 11.1. The Morgan fingerprint density at radius 3 is 2.65 bits per heavy atom. The molecule has 0 atom stereocenters. The van der Waals surface area contributed by atoms with Gasteiger partial charge in [-0.25, -0.2) is 4.79 Å². The van der Waals surface area contributed by atoms with Crippen molar-refractivity contribution in [3.05, 3.63) is 41.1 Å². The van der Waals surface area contributed by atoms with Gasteiger partial charge in [0, 0.05) is 11.9 Å². The predicted molar refractivity (Wildman–Crippen MR) is 70.5 cm³/mol. The number of anilines is 1. The van der Waals surface area contributed by atoms with E-state index >= 15 is 0 Å². The molecule has 0 spiro atoms. The van der Waals surface area contributed by atoms with Crippen molar-refractivity contribution < 1.29 is 18.0 Å². The van der Waals surface area contributed by atoms with Crippen LogP contribution in [0.15, 0.2) is 30.5 Å². The summed E-state index contributed by atoms with van der Waals surface area (Å²) in [5, 5.41) is 4.34. The van der Waals surface area contributed by atoms with Crippen molar-refractivity contribution in [3.8, 4) is 0 Å². The third-order valence-corrected chi connectivity index (χ3v) is 3.06. The van der Waals surface area contributed by atoms with Gasteiger partial charge in [0.05, 0.1) is 10.6 Å². The van der Waals surface area contributed by atoms with E-state index in [0.29, 0.717) is 5.92 Å². The molecule has 7 heteroatoms. The van der Waals surface area contributed by atoms with Crippen LogP contribution in [0, 0.1) is 5.92 Å². The molecule has 1 fully saturated rings. The molecule has 3 nitrogen and oxygen atoms in total. The number of hydrogen-bond donors (Lipinski definition) is 2. The van der Waals surface area contributed by atoms with Crippen LogP contribution in [0.4, 0.5) is 23.7 Å². The molecule has 20 heavy (non-hydrogen) atoms. The van der Waals surface area contributed by atoms with Gasteiger partial charge in [-0.3, -0.25) is 0 Å². The van der Waals surface area contributed by atoms with Gasteiger partial charge < -0.3 is 10.6 Å². The minimum Gasteiger partial charge on any atom is -0.315 e. The lowest BCUT2D eigenvalue weighted by atomic mass is 10.2. The maximum Gasteiger partial charge on any atom is 0.417 e. The van der Waals surface area contributed by atoms with Crippen LogP contribution in [-0.4, -0.2) is 6.03 Å². The fourth-order valence-corrected chi connectivity index (χ4v) is 1.76. The van der Waals surface area contributed by atoms with E-state index in [2.05, 4.69) is 10.6 Å². The zero-order chi connectivity index (χ0) is 14.8. The molecule has 0 saturated heterocycles. The van der Waals surface area contributed by atoms with Crippen LogP contribution in [0.2, 0.25) is 5.02 Å². The van der Waals surface area contributed by atoms with Crippen molar-refractivity contribution in [2.45, 2.75) is 19.0 Å². The fraction of sp³-hybridized carbons (Fsp3) is 0.308. The van der Waals surface area contributed by atoms with Crippen LogP contribution in [0.3, 0.4) is 0 Å². The number of nitrogens with one attached hydrogen (secondary N) is 2. The van der Waals surface area contributed by atoms with Gasteiger partial charge in [0.15, 0.2) is 0 Å². The Balaban J connectivity index is 1.99. The van der Waals surface area contributed by atoms with Gasteiger partial charge in [0.25, 0.3) is 0 Å². The summed E-state index contributed by atoms with van der Waals surface area (Å²) in [5.74, 6) is 0.502. The minimum atomic E-state index is -4.56. The van der Waals surface area contributed by atoms with E-state index < -0.39 is 22.8 Å². The van der Waals surface area contributed by atoms with Crippen LogP contribution in [-0.2, 0) is 6.18 Å². The van der Waals surface area contributed by atoms with Crippen LogP contribution < -0.4 is 10.6 Å². The highest BCUT2D eigenvalue weighted by molar-refractivity contribution is 6.31. The van der Waals surface area contributed by atoms with E-state index in [1.165, 1.54) is 12.3 Å². The molecule has 2 rings (SSSR count). The topological polar surface area (TPSA) is 41.1 Å². The summed E-state index contributed by atoms with van der Waals surface area (Å²) < 4.78 is 37.9. The van der Waals surface area contributed by atoms with Crippen molar-refractivity contribution in [3.63, 3.8) is 0 Å². The Bertz CT molecular complexity index is 539. The summed E-state index contributed by atoms with van der Waals surface area (Å²) in [5.41, 5.74) is -0.954. The smallest absolute Gasteiger partial charge is 0.315 e. The van der Waals surface area contributed by atoms with Gasteiger partial charge in [-0.15, -0.1) is 0 Å². The molecule has 0 aliphatic heterocycles. The standard InChI is InChI=1S/C13H12ClF3N2O/c14-11-4-3-9(7-10(11)13(15,16)17)19-12(20)18-6-5-8-1-2-8/h3-8H,1-2H2,(H2,18,19,20)/b6-5+. The normalized spacial score (nSPS) is 15.4. The molecule has 0 unspecified atom stereocenters. The van der Waals surface area contributed by atoms with Crippen LogP contribution in [0.25, 0.3) is 0 Å². The van der Waals surface area contributed by atoms with E-state index in [0.717, 1.165) is 25.0 Å². The third kappa shape index (κ3) is 4.16. The van der Waals surface area contributed by atoms with Gasteiger partial charge in [-0.1, -0.05) is 17.7 Å². The van der Waals surface area contributed by atoms with E-state index in [4.69, 9.17) is 11.6 Å².